The van der Waals surface area contributed by atoms with Gasteiger partial charge in [-0.15, -0.1) is 0 Å². The van der Waals surface area contributed by atoms with E-state index in [0.717, 1.165) is 11.6 Å². The Morgan fingerprint density at radius 2 is 1.53 bits per heavy atom. The summed E-state index contributed by atoms with van der Waals surface area (Å²) in [5, 5.41) is 10.4. The van der Waals surface area contributed by atoms with Gasteiger partial charge in [-0.05, 0) is 42.0 Å². The first-order chi connectivity index (χ1) is 16.1. The standard InChI is InChI=1S/C15H13ClFNO2.C6H5ClFN.C3H6O2/c16-13-7-6-12(8-14(13)17)18-15(19)10-20-9-11-4-2-1-3-5-11;7-5-2-1-4(9)3-6(5)8;1-2-3(4)5/h1-8H,9-10H2,(H,18,19);1-3H,9H2;2H2,1H3,(H,4,5). The fourth-order valence-electron chi connectivity index (χ4n) is 2.12. The summed E-state index contributed by atoms with van der Waals surface area (Å²) in [5.41, 5.74) is 6.95. The Labute approximate surface area is 206 Å². The highest BCUT2D eigenvalue weighted by Crippen LogP contribution is 2.18. The zero-order valence-electron chi connectivity index (χ0n) is 18.2. The highest BCUT2D eigenvalue weighted by Gasteiger charge is 2.05. The van der Waals surface area contributed by atoms with Crippen LogP contribution in [0.2, 0.25) is 10.0 Å². The molecule has 0 aliphatic heterocycles. The lowest BCUT2D eigenvalue weighted by atomic mass is 10.2. The van der Waals surface area contributed by atoms with Crippen molar-refractivity contribution in [2.45, 2.75) is 20.0 Å². The van der Waals surface area contributed by atoms with Gasteiger partial charge in [0.2, 0.25) is 5.91 Å². The zero-order chi connectivity index (χ0) is 25.5. The van der Waals surface area contributed by atoms with Gasteiger partial charge in [0.25, 0.3) is 0 Å². The Morgan fingerprint density at radius 3 is 2.03 bits per heavy atom. The Bertz CT molecular complexity index is 1070. The van der Waals surface area contributed by atoms with E-state index in [0.29, 0.717) is 18.0 Å². The van der Waals surface area contributed by atoms with Crippen molar-refractivity contribution in [1.29, 1.82) is 0 Å². The molecule has 0 saturated carbocycles. The number of ether oxygens (including phenoxy) is 1. The molecule has 10 heteroatoms. The molecule has 34 heavy (non-hydrogen) atoms. The third-order valence-electron chi connectivity index (χ3n) is 3.79. The zero-order valence-corrected chi connectivity index (χ0v) is 19.7. The molecule has 1 amide bonds. The van der Waals surface area contributed by atoms with Crippen molar-refractivity contribution >= 4 is 46.5 Å². The number of hydrogen-bond acceptors (Lipinski definition) is 4. The molecule has 0 aliphatic rings. The van der Waals surface area contributed by atoms with E-state index in [1.165, 1.54) is 24.3 Å². The lowest BCUT2D eigenvalue weighted by Crippen LogP contribution is -2.18. The van der Waals surface area contributed by atoms with Crippen LogP contribution in [0.15, 0.2) is 66.7 Å². The van der Waals surface area contributed by atoms with Crippen LogP contribution < -0.4 is 11.1 Å². The van der Waals surface area contributed by atoms with Gasteiger partial charge in [-0.2, -0.15) is 0 Å². The maximum Gasteiger partial charge on any atom is 0.303 e. The lowest BCUT2D eigenvalue weighted by molar-refractivity contribution is -0.136. The molecule has 0 heterocycles. The molecule has 0 bridgehead atoms. The van der Waals surface area contributed by atoms with Gasteiger partial charge in [-0.25, -0.2) is 8.78 Å². The van der Waals surface area contributed by atoms with E-state index in [1.807, 2.05) is 30.3 Å². The van der Waals surface area contributed by atoms with E-state index >= 15 is 0 Å². The Morgan fingerprint density at radius 1 is 0.971 bits per heavy atom. The monoisotopic (exact) mass is 512 g/mol. The van der Waals surface area contributed by atoms with Gasteiger partial charge in [0, 0.05) is 17.8 Å². The topological polar surface area (TPSA) is 102 Å². The minimum Gasteiger partial charge on any atom is -0.481 e. The maximum absolute atomic E-state index is 13.2. The van der Waals surface area contributed by atoms with Gasteiger partial charge in [0.05, 0.1) is 16.7 Å². The fraction of sp³-hybridized carbons (Fsp3) is 0.167. The van der Waals surface area contributed by atoms with E-state index in [1.54, 1.807) is 13.0 Å². The van der Waals surface area contributed by atoms with Crippen molar-refractivity contribution in [3.63, 3.8) is 0 Å². The van der Waals surface area contributed by atoms with Gasteiger partial charge >= 0.3 is 5.97 Å². The number of amides is 1. The van der Waals surface area contributed by atoms with Crippen LogP contribution >= 0.6 is 23.2 Å². The van der Waals surface area contributed by atoms with Crippen LogP contribution in [0.5, 0.6) is 0 Å². The number of nitrogens with two attached hydrogens (primary N) is 1. The second-order valence-electron chi connectivity index (χ2n) is 6.58. The van der Waals surface area contributed by atoms with E-state index in [9.17, 15) is 18.4 Å². The fourth-order valence-corrected chi connectivity index (χ4v) is 2.35. The van der Waals surface area contributed by atoms with Crippen molar-refractivity contribution in [3.8, 4) is 0 Å². The number of nitrogen functional groups attached to an aromatic ring is 1. The average molecular weight is 513 g/mol. The van der Waals surface area contributed by atoms with Crippen LogP contribution in [-0.4, -0.2) is 23.6 Å². The third kappa shape index (κ3) is 12.2. The van der Waals surface area contributed by atoms with Crippen molar-refractivity contribution in [2.24, 2.45) is 0 Å². The molecule has 182 valence electrons. The van der Waals surface area contributed by atoms with Gasteiger partial charge in [0.15, 0.2) is 0 Å². The molecule has 3 rings (SSSR count). The third-order valence-corrected chi connectivity index (χ3v) is 4.41. The number of hydrogen-bond donors (Lipinski definition) is 3. The number of anilines is 2. The normalized spacial score (nSPS) is 9.68. The molecule has 0 atom stereocenters. The van der Waals surface area contributed by atoms with Crippen molar-refractivity contribution in [1.82, 2.24) is 0 Å². The Kier molecular flexibility index (Phi) is 13.2. The largest absolute Gasteiger partial charge is 0.481 e. The van der Waals surface area contributed by atoms with Crippen LogP contribution in [0.3, 0.4) is 0 Å². The molecule has 6 nitrogen and oxygen atoms in total. The number of nitrogens with one attached hydrogen (secondary N) is 1. The molecule has 0 fully saturated rings. The number of benzene rings is 3. The van der Waals surface area contributed by atoms with Crippen LogP contribution in [0.1, 0.15) is 18.9 Å². The number of aliphatic carboxylic acids is 1. The number of halogens is 4. The molecule has 0 spiro atoms. The van der Waals surface area contributed by atoms with Crippen molar-refractivity contribution < 1.29 is 28.2 Å². The average Bonchev–Trinajstić information content (AvgIpc) is 2.80. The Hall–Kier alpha value is -3.20. The van der Waals surface area contributed by atoms with Crippen molar-refractivity contribution in [3.05, 3.63) is 94.0 Å². The molecule has 0 radical (unpaired) electrons. The first-order valence-electron chi connectivity index (χ1n) is 9.91. The van der Waals surface area contributed by atoms with Crippen LogP contribution in [0, 0.1) is 11.6 Å². The molecule has 0 aliphatic carbocycles. The highest BCUT2D eigenvalue weighted by atomic mass is 35.5. The van der Waals surface area contributed by atoms with Crippen LogP contribution in [-0.2, 0) is 20.9 Å². The first-order valence-corrected chi connectivity index (χ1v) is 10.7. The first kappa shape index (κ1) is 28.8. The summed E-state index contributed by atoms with van der Waals surface area (Å²) >= 11 is 10.9. The molecule has 3 aromatic rings. The predicted octanol–water partition coefficient (Wildman–Crippen LogP) is 6.18. The summed E-state index contributed by atoms with van der Waals surface area (Å²) < 4.78 is 30.8. The van der Waals surface area contributed by atoms with E-state index < -0.39 is 17.6 Å². The highest BCUT2D eigenvalue weighted by molar-refractivity contribution is 6.31. The predicted molar refractivity (Wildman–Crippen MR) is 130 cm³/mol. The summed E-state index contributed by atoms with van der Waals surface area (Å²) in [6, 6.07) is 17.8. The lowest BCUT2D eigenvalue weighted by Gasteiger charge is -2.07. The minimum absolute atomic E-state index is 0.0170. The van der Waals surface area contributed by atoms with Crippen molar-refractivity contribution in [2.75, 3.05) is 17.7 Å². The van der Waals surface area contributed by atoms with Gasteiger partial charge < -0.3 is 20.9 Å². The SMILES string of the molecule is CCC(=O)O.Nc1ccc(Cl)c(F)c1.O=C(COCc1ccccc1)Nc1ccc(Cl)c(F)c1. The summed E-state index contributed by atoms with van der Waals surface area (Å²) in [5.74, 6) is -2.14. The molecule has 4 N–H and O–H groups in total. The van der Waals surface area contributed by atoms with E-state index in [2.05, 4.69) is 5.32 Å². The summed E-state index contributed by atoms with van der Waals surface area (Å²) in [6.45, 7) is 1.85. The molecule has 3 aromatic carbocycles. The second kappa shape index (κ2) is 15.6. The second-order valence-corrected chi connectivity index (χ2v) is 7.39. The summed E-state index contributed by atoms with van der Waals surface area (Å²) in [7, 11) is 0. The molecule has 0 unspecified atom stereocenters. The summed E-state index contributed by atoms with van der Waals surface area (Å²) in [6.07, 6.45) is 0.222. The molecule has 0 saturated heterocycles. The molecular formula is C24H24Cl2F2N2O4. The molecule has 0 aromatic heterocycles. The van der Waals surface area contributed by atoms with Gasteiger partial charge in [0.1, 0.15) is 18.2 Å². The summed E-state index contributed by atoms with van der Waals surface area (Å²) in [4.78, 5) is 21.0. The number of carbonyl (C=O) groups excluding carboxylic acids is 1. The maximum atomic E-state index is 13.2. The number of carboxylic acids is 1. The number of carboxylic acid groups (broad SMARTS) is 1. The number of rotatable bonds is 6. The van der Waals surface area contributed by atoms with Crippen LogP contribution in [0.4, 0.5) is 20.2 Å². The number of carbonyl (C=O) groups is 2. The quantitative estimate of drug-likeness (QED) is 0.342. The van der Waals surface area contributed by atoms with E-state index in [4.69, 9.17) is 38.8 Å². The van der Waals surface area contributed by atoms with E-state index in [-0.39, 0.29) is 29.0 Å². The smallest absolute Gasteiger partial charge is 0.303 e. The van der Waals surface area contributed by atoms with Gasteiger partial charge in [-0.1, -0.05) is 60.5 Å². The molecular weight excluding hydrogens is 489 g/mol. The van der Waals surface area contributed by atoms with Crippen LogP contribution in [0.25, 0.3) is 0 Å². The van der Waals surface area contributed by atoms with Gasteiger partial charge in [-0.3, -0.25) is 9.59 Å². The minimum atomic E-state index is -0.745. The Balaban J connectivity index is 0.000000340.